The van der Waals surface area contributed by atoms with Gasteiger partial charge in [0, 0.05) is 42.9 Å². The van der Waals surface area contributed by atoms with Gasteiger partial charge in [0.15, 0.2) is 23.1 Å². The largest absolute Gasteiger partial charge is 0.493 e. The van der Waals surface area contributed by atoms with Crippen molar-refractivity contribution in [3.8, 4) is 23.1 Å². The molecule has 2 heterocycles. The number of fused-ring (bicyclic) bond motifs is 1. The highest BCUT2D eigenvalue weighted by Crippen LogP contribution is 2.46. The Morgan fingerprint density at radius 2 is 1.95 bits per heavy atom. The summed E-state index contributed by atoms with van der Waals surface area (Å²) in [6.45, 7) is 6.71. The number of amides is 1. The first-order valence-corrected chi connectivity index (χ1v) is 12.5. The smallest absolute Gasteiger partial charge is 0.230 e. The fourth-order valence-electron chi connectivity index (χ4n) is 4.15. The van der Waals surface area contributed by atoms with Gasteiger partial charge in [-0.05, 0) is 37.5 Å². The molecule has 0 bridgehead atoms. The fourth-order valence-corrected chi connectivity index (χ4v) is 4.15. The molecule has 196 valence electrons. The number of nitrogens with zero attached hydrogens (tertiary/aromatic N) is 3. The predicted molar refractivity (Wildman–Crippen MR) is 136 cm³/mol. The minimum absolute atomic E-state index is 0.0144. The summed E-state index contributed by atoms with van der Waals surface area (Å²) in [5, 5.41) is 3.33. The number of aromatic nitrogens is 2. The van der Waals surface area contributed by atoms with Crippen molar-refractivity contribution in [3.05, 3.63) is 42.5 Å². The number of nitrogens with one attached hydrogen (secondary N) is 1. The van der Waals surface area contributed by atoms with Crippen LogP contribution in [0.1, 0.15) is 26.2 Å². The van der Waals surface area contributed by atoms with E-state index in [1.807, 2.05) is 6.92 Å². The molecule has 0 spiro atoms. The van der Waals surface area contributed by atoms with E-state index in [0.717, 1.165) is 52.1 Å². The number of anilines is 1. The van der Waals surface area contributed by atoms with Crippen LogP contribution >= 0.6 is 0 Å². The normalized spacial score (nSPS) is 16.8. The number of methoxy groups -OCH3 is 1. The van der Waals surface area contributed by atoms with Gasteiger partial charge < -0.3 is 24.3 Å². The lowest BCUT2D eigenvalue weighted by molar-refractivity contribution is -0.120. The molecule has 10 heteroatoms. The first-order chi connectivity index (χ1) is 17.9. The Balaban J connectivity index is 1.30. The van der Waals surface area contributed by atoms with E-state index in [2.05, 4.69) is 20.2 Å². The van der Waals surface area contributed by atoms with Crippen molar-refractivity contribution < 1.29 is 28.1 Å². The molecule has 0 atom stereocenters. The Bertz CT molecular complexity index is 1280. The average Bonchev–Trinajstić information content (AvgIpc) is 3.67. The first kappa shape index (κ1) is 25.2. The van der Waals surface area contributed by atoms with Crippen molar-refractivity contribution >= 4 is 22.5 Å². The Kier molecular flexibility index (Phi) is 7.38. The summed E-state index contributed by atoms with van der Waals surface area (Å²) in [6, 6.07) is 7.82. The number of hydrogen-bond donors (Lipinski definition) is 1. The van der Waals surface area contributed by atoms with Gasteiger partial charge in [-0.1, -0.05) is 6.92 Å². The molecule has 1 aliphatic heterocycles. The summed E-state index contributed by atoms with van der Waals surface area (Å²) in [4.78, 5) is 23.2. The molecule has 3 aromatic rings. The molecule has 1 saturated carbocycles. The molecule has 2 fully saturated rings. The molecule has 1 aliphatic carbocycles. The van der Waals surface area contributed by atoms with Crippen molar-refractivity contribution in [2.24, 2.45) is 5.41 Å². The molecule has 2 aromatic carbocycles. The second kappa shape index (κ2) is 10.9. The third-order valence-electron chi connectivity index (χ3n) is 6.81. The Morgan fingerprint density at radius 1 is 1.14 bits per heavy atom. The standard InChI is InChI=1S/C27H31FN4O5/c1-27(6-7-27)26(33)31-18-4-5-22(20(28)14-18)37-25-19-15-24(23(34-2)16-21(19)29-17-30-25)36-11-3-8-32-9-12-35-13-10-32/h4-5,14-17H,3,6-13H2,1-2H3,(H,31,33). The maximum absolute atomic E-state index is 14.9. The number of morpholine rings is 1. The van der Waals surface area contributed by atoms with Crippen molar-refractivity contribution in [2.75, 3.05) is 51.9 Å². The van der Waals surface area contributed by atoms with E-state index in [1.165, 1.54) is 18.5 Å². The minimum atomic E-state index is -0.612. The maximum atomic E-state index is 14.9. The second-order valence-corrected chi connectivity index (χ2v) is 9.62. The van der Waals surface area contributed by atoms with Crippen molar-refractivity contribution in [2.45, 2.75) is 26.2 Å². The molecule has 1 N–H and O–H groups in total. The molecule has 0 radical (unpaired) electrons. The van der Waals surface area contributed by atoms with Crippen LogP contribution in [-0.4, -0.2) is 67.3 Å². The van der Waals surface area contributed by atoms with Gasteiger partial charge in [0.2, 0.25) is 11.8 Å². The van der Waals surface area contributed by atoms with Crippen LogP contribution in [0.2, 0.25) is 0 Å². The van der Waals surface area contributed by atoms with Crippen LogP contribution in [0.5, 0.6) is 23.1 Å². The van der Waals surface area contributed by atoms with Crippen LogP contribution in [0.4, 0.5) is 10.1 Å². The van der Waals surface area contributed by atoms with Gasteiger partial charge in [-0.3, -0.25) is 9.69 Å². The van der Waals surface area contributed by atoms with Gasteiger partial charge >= 0.3 is 0 Å². The topological polar surface area (TPSA) is 95.0 Å². The lowest BCUT2D eigenvalue weighted by Crippen LogP contribution is -2.37. The number of rotatable bonds is 10. The van der Waals surface area contributed by atoms with Crippen LogP contribution in [0.25, 0.3) is 10.9 Å². The SMILES string of the molecule is COc1cc2ncnc(Oc3ccc(NC(=O)C4(C)CC4)cc3F)c2cc1OCCCN1CCOCC1. The third kappa shape index (κ3) is 5.91. The van der Waals surface area contributed by atoms with Crippen LogP contribution < -0.4 is 19.5 Å². The molecule has 37 heavy (non-hydrogen) atoms. The van der Waals surface area contributed by atoms with Gasteiger partial charge in [0.1, 0.15) is 6.33 Å². The third-order valence-corrected chi connectivity index (χ3v) is 6.81. The molecule has 1 aromatic heterocycles. The summed E-state index contributed by atoms with van der Waals surface area (Å²) in [5.41, 5.74) is 0.604. The minimum Gasteiger partial charge on any atom is -0.493 e. The summed E-state index contributed by atoms with van der Waals surface area (Å²) in [7, 11) is 1.57. The molecule has 1 saturated heterocycles. The van der Waals surface area contributed by atoms with E-state index < -0.39 is 5.82 Å². The summed E-state index contributed by atoms with van der Waals surface area (Å²) < 4.78 is 37.6. The molecule has 5 rings (SSSR count). The van der Waals surface area contributed by atoms with Crippen LogP contribution in [0, 0.1) is 11.2 Å². The van der Waals surface area contributed by atoms with Gasteiger partial charge in [-0.2, -0.15) is 0 Å². The molecule has 1 amide bonds. The molecular formula is C27H31FN4O5. The highest BCUT2D eigenvalue weighted by molar-refractivity contribution is 5.96. The lowest BCUT2D eigenvalue weighted by atomic mass is 10.1. The maximum Gasteiger partial charge on any atom is 0.230 e. The van der Waals surface area contributed by atoms with E-state index in [4.69, 9.17) is 18.9 Å². The van der Waals surface area contributed by atoms with Crippen molar-refractivity contribution in [1.82, 2.24) is 14.9 Å². The highest BCUT2D eigenvalue weighted by Gasteiger charge is 2.44. The quantitative estimate of drug-likeness (QED) is 0.401. The number of halogens is 1. The summed E-state index contributed by atoms with van der Waals surface area (Å²) in [6.07, 6.45) is 3.88. The lowest BCUT2D eigenvalue weighted by Gasteiger charge is -2.26. The van der Waals surface area contributed by atoms with E-state index in [-0.39, 0.29) is 23.0 Å². The zero-order valence-electron chi connectivity index (χ0n) is 21.1. The van der Waals surface area contributed by atoms with E-state index in [9.17, 15) is 9.18 Å². The first-order valence-electron chi connectivity index (χ1n) is 12.5. The zero-order chi connectivity index (χ0) is 25.8. The number of benzene rings is 2. The zero-order valence-corrected chi connectivity index (χ0v) is 21.1. The second-order valence-electron chi connectivity index (χ2n) is 9.62. The number of carbonyl (C=O) groups excluding carboxylic acids is 1. The molecule has 9 nitrogen and oxygen atoms in total. The summed E-state index contributed by atoms with van der Waals surface area (Å²) in [5.74, 6) is 0.529. The van der Waals surface area contributed by atoms with E-state index >= 15 is 0 Å². The van der Waals surface area contributed by atoms with Crippen molar-refractivity contribution in [3.63, 3.8) is 0 Å². The Labute approximate surface area is 214 Å². The van der Waals surface area contributed by atoms with Gasteiger partial charge in [0.05, 0.1) is 37.8 Å². The van der Waals surface area contributed by atoms with Gasteiger partial charge in [-0.15, -0.1) is 0 Å². The number of hydrogen-bond acceptors (Lipinski definition) is 8. The Hall–Kier alpha value is -3.50. The van der Waals surface area contributed by atoms with E-state index in [1.54, 1.807) is 25.3 Å². The monoisotopic (exact) mass is 510 g/mol. The van der Waals surface area contributed by atoms with E-state index in [0.29, 0.717) is 34.7 Å². The molecule has 2 aliphatic rings. The average molecular weight is 511 g/mol. The van der Waals surface area contributed by atoms with Gasteiger partial charge in [0.25, 0.3) is 0 Å². The van der Waals surface area contributed by atoms with Crippen LogP contribution in [-0.2, 0) is 9.53 Å². The Morgan fingerprint density at radius 3 is 2.68 bits per heavy atom. The van der Waals surface area contributed by atoms with Crippen LogP contribution in [0.3, 0.4) is 0 Å². The number of carbonyl (C=O) groups is 1. The molecule has 0 unspecified atom stereocenters. The fraction of sp³-hybridized carbons (Fsp3) is 0.444. The number of ether oxygens (including phenoxy) is 4. The van der Waals surface area contributed by atoms with Crippen LogP contribution in [0.15, 0.2) is 36.7 Å². The van der Waals surface area contributed by atoms with Gasteiger partial charge in [-0.25, -0.2) is 14.4 Å². The molecular weight excluding hydrogens is 479 g/mol. The van der Waals surface area contributed by atoms with Crippen molar-refractivity contribution in [1.29, 1.82) is 0 Å². The summed E-state index contributed by atoms with van der Waals surface area (Å²) >= 11 is 0. The highest BCUT2D eigenvalue weighted by atomic mass is 19.1. The predicted octanol–water partition coefficient (Wildman–Crippen LogP) is 4.41.